The lowest BCUT2D eigenvalue weighted by atomic mass is 10.3. The van der Waals surface area contributed by atoms with Crippen molar-refractivity contribution in [3.05, 3.63) is 0 Å². The van der Waals surface area contributed by atoms with Crippen molar-refractivity contribution >= 4 is 17.8 Å². The summed E-state index contributed by atoms with van der Waals surface area (Å²) in [6.07, 6.45) is 0. The predicted octanol–water partition coefficient (Wildman–Crippen LogP) is 1.19. The minimum atomic E-state index is -3.22. The molecule has 0 atom stereocenters. The summed E-state index contributed by atoms with van der Waals surface area (Å²) in [7, 11) is 0. The molecule has 0 aliphatic heterocycles. The normalized spacial score (nSPS) is 11.3. The summed E-state index contributed by atoms with van der Waals surface area (Å²) >= 11 is 0. The van der Waals surface area contributed by atoms with Crippen LogP contribution in [0.2, 0.25) is 0 Å². The molecule has 120 valence electrons. The Balaban J connectivity index is 2.96. The van der Waals surface area contributed by atoms with E-state index in [2.05, 4.69) is 25.6 Å². The van der Waals surface area contributed by atoms with Gasteiger partial charge in [0.05, 0.1) is 6.54 Å². The van der Waals surface area contributed by atoms with Gasteiger partial charge in [0.2, 0.25) is 17.8 Å². The SMILES string of the molecule is CCNc1nc(NCC(F)(F)CO)nc(N(CC)CC)n1. The van der Waals surface area contributed by atoms with E-state index in [9.17, 15) is 8.78 Å². The fraction of sp³-hybridized carbons (Fsp3) is 0.750. The molecule has 0 spiro atoms. The molecule has 9 heteroatoms. The van der Waals surface area contributed by atoms with Crippen molar-refractivity contribution in [1.82, 2.24) is 15.0 Å². The summed E-state index contributed by atoms with van der Waals surface area (Å²) < 4.78 is 26.1. The summed E-state index contributed by atoms with van der Waals surface area (Å²) in [6, 6.07) is 0. The van der Waals surface area contributed by atoms with Crippen LogP contribution in [-0.2, 0) is 0 Å². The predicted molar refractivity (Wildman–Crippen MR) is 78.1 cm³/mol. The summed E-state index contributed by atoms with van der Waals surface area (Å²) in [5.74, 6) is -2.43. The molecule has 1 rings (SSSR count). The van der Waals surface area contributed by atoms with Crippen LogP contribution < -0.4 is 15.5 Å². The van der Waals surface area contributed by atoms with Crippen LogP contribution in [0.4, 0.5) is 26.6 Å². The van der Waals surface area contributed by atoms with Gasteiger partial charge in [-0.2, -0.15) is 15.0 Å². The summed E-state index contributed by atoms with van der Waals surface area (Å²) in [5.41, 5.74) is 0. The second-order valence-electron chi connectivity index (χ2n) is 4.35. The minimum Gasteiger partial charge on any atom is -0.390 e. The number of rotatable bonds is 9. The van der Waals surface area contributed by atoms with E-state index in [1.807, 2.05) is 25.7 Å². The summed E-state index contributed by atoms with van der Waals surface area (Å²) in [5, 5.41) is 13.9. The van der Waals surface area contributed by atoms with Crippen LogP contribution in [0.25, 0.3) is 0 Å². The second-order valence-corrected chi connectivity index (χ2v) is 4.35. The molecular formula is C12H22F2N6O. The molecule has 0 radical (unpaired) electrons. The van der Waals surface area contributed by atoms with Gasteiger partial charge in [0, 0.05) is 19.6 Å². The molecule has 0 saturated carbocycles. The molecule has 0 saturated heterocycles. The molecule has 0 aliphatic rings. The maximum Gasteiger partial charge on any atom is 0.287 e. The first-order valence-electron chi connectivity index (χ1n) is 6.93. The number of hydrogen-bond acceptors (Lipinski definition) is 7. The van der Waals surface area contributed by atoms with Crippen molar-refractivity contribution in [3.63, 3.8) is 0 Å². The fourth-order valence-corrected chi connectivity index (χ4v) is 1.59. The average molecular weight is 304 g/mol. The van der Waals surface area contributed by atoms with Crippen molar-refractivity contribution in [2.24, 2.45) is 0 Å². The van der Waals surface area contributed by atoms with Gasteiger partial charge in [0.1, 0.15) is 6.61 Å². The van der Waals surface area contributed by atoms with Crippen molar-refractivity contribution < 1.29 is 13.9 Å². The number of aliphatic hydroxyl groups is 1. The third kappa shape index (κ3) is 5.25. The molecule has 0 amide bonds. The van der Waals surface area contributed by atoms with Gasteiger partial charge in [0.25, 0.3) is 5.92 Å². The zero-order chi connectivity index (χ0) is 15.9. The van der Waals surface area contributed by atoms with E-state index in [4.69, 9.17) is 5.11 Å². The number of halogens is 2. The second kappa shape index (κ2) is 7.87. The molecule has 0 fully saturated rings. The molecule has 0 bridgehead atoms. The maximum atomic E-state index is 13.1. The van der Waals surface area contributed by atoms with Crippen LogP contribution in [0.3, 0.4) is 0 Å². The number of hydrogen-bond donors (Lipinski definition) is 3. The Morgan fingerprint density at radius 3 is 2.10 bits per heavy atom. The summed E-state index contributed by atoms with van der Waals surface area (Å²) in [6.45, 7) is 5.81. The van der Waals surface area contributed by atoms with Gasteiger partial charge in [-0.05, 0) is 20.8 Å². The lowest BCUT2D eigenvalue weighted by Gasteiger charge is -2.20. The van der Waals surface area contributed by atoms with E-state index >= 15 is 0 Å². The van der Waals surface area contributed by atoms with E-state index in [1.54, 1.807) is 0 Å². The molecule has 0 aliphatic carbocycles. The largest absolute Gasteiger partial charge is 0.390 e. The minimum absolute atomic E-state index is 0.0518. The number of aliphatic hydroxyl groups excluding tert-OH is 1. The quantitative estimate of drug-likeness (QED) is 0.631. The highest BCUT2D eigenvalue weighted by molar-refractivity contribution is 5.43. The van der Waals surface area contributed by atoms with Crippen molar-refractivity contribution in [3.8, 4) is 0 Å². The standard InChI is InChI=1S/C12H22F2N6O/c1-4-15-9-17-10(16-7-12(13,14)8-21)19-11(18-9)20(5-2)6-3/h21H,4-8H2,1-3H3,(H2,15,16,17,18,19). The molecule has 7 nitrogen and oxygen atoms in total. The number of aromatic nitrogens is 3. The lowest BCUT2D eigenvalue weighted by Crippen LogP contribution is -2.32. The zero-order valence-corrected chi connectivity index (χ0v) is 12.5. The van der Waals surface area contributed by atoms with E-state index in [1.165, 1.54) is 0 Å². The smallest absolute Gasteiger partial charge is 0.287 e. The fourth-order valence-electron chi connectivity index (χ4n) is 1.59. The Bertz CT molecular complexity index is 442. The van der Waals surface area contributed by atoms with E-state index in [0.717, 1.165) is 0 Å². The lowest BCUT2D eigenvalue weighted by molar-refractivity contribution is -0.0374. The van der Waals surface area contributed by atoms with Crippen LogP contribution in [0.15, 0.2) is 0 Å². The van der Waals surface area contributed by atoms with Crippen LogP contribution in [0.5, 0.6) is 0 Å². The van der Waals surface area contributed by atoms with Crippen LogP contribution >= 0.6 is 0 Å². The van der Waals surface area contributed by atoms with Gasteiger partial charge in [-0.25, -0.2) is 8.78 Å². The van der Waals surface area contributed by atoms with Gasteiger partial charge in [-0.3, -0.25) is 0 Å². The molecule has 0 aromatic carbocycles. The van der Waals surface area contributed by atoms with Crippen molar-refractivity contribution in [2.45, 2.75) is 26.7 Å². The van der Waals surface area contributed by atoms with E-state index in [0.29, 0.717) is 31.5 Å². The molecule has 0 unspecified atom stereocenters. The Morgan fingerprint density at radius 1 is 1.05 bits per heavy atom. The molecule has 1 aromatic heterocycles. The van der Waals surface area contributed by atoms with E-state index in [-0.39, 0.29) is 5.95 Å². The van der Waals surface area contributed by atoms with Crippen LogP contribution in [0.1, 0.15) is 20.8 Å². The highest BCUT2D eigenvalue weighted by Gasteiger charge is 2.27. The Labute approximate surface area is 122 Å². The van der Waals surface area contributed by atoms with Gasteiger partial charge in [0.15, 0.2) is 0 Å². The molecular weight excluding hydrogens is 282 g/mol. The molecule has 21 heavy (non-hydrogen) atoms. The van der Waals surface area contributed by atoms with Crippen LogP contribution in [0, 0.1) is 0 Å². The molecule has 3 N–H and O–H groups in total. The first kappa shape index (κ1) is 17.3. The Morgan fingerprint density at radius 2 is 1.62 bits per heavy atom. The van der Waals surface area contributed by atoms with E-state index < -0.39 is 19.1 Å². The first-order valence-corrected chi connectivity index (χ1v) is 6.93. The monoisotopic (exact) mass is 304 g/mol. The van der Waals surface area contributed by atoms with Gasteiger partial charge in [-0.15, -0.1) is 0 Å². The number of anilines is 3. The first-order chi connectivity index (χ1) is 9.95. The number of nitrogens with zero attached hydrogens (tertiary/aromatic N) is 4. The number of nitrogens with one attached hydrogen (secondary N) is 2. The molecule has 1 heterocycles. The highest BCUT2D eigenvalue weighted by Crippen LogP contribution is 2.16. The van der Waals surface area contributed by atoms with Gasteiger partial charge in [-0.1, -0.05) is 0 Å². The van der Waals surface area contributed by atoms with Crippen LogP contribution in [-0.4, -0.2) is 58.8 Å². The topological polar surface area (TPSA) is 86.2 Å². The highest BCUT2D eigenvalue weighted by atomic mass is 19.3. The van der Waals surface area contributed by atoms with Gasteiger partial charge < -0.3 is 20.6 Å². The van der Waals surface area contributed by atoms with Crippen molar-refractivity contribution in [1.29, 1.82) is 0 Å². The number of alkyl halides is 2. The Hall–Kier alpha value is -1.77. The van der Waals surface area contributed by atoms with Gasteiger partial charge >= 0.3 is 0 Å². The zero-order valence-electron chi connectivity index (χ0n) is 12.5. The third-order valence-electron chi connectivity index (χ3n) is 2.74. The Kier molecular flexibility index (Phi) is 6.47. The summed E-state index contributed by atoms with van der Waals surface area (Å²) in [4.78, 5) is 14.3. The third-order valence-corrected chi connectivity index (χ3v) is 2.74. The average Bonchev–Trinajstić information content (AvgIpc) is 2.47. The van der Waals surface area contributed by atoms with Crippen molar-refractivity contribution in [2.75, 3.05) is 48.3 Å². The molecule has 1 aromatic rings. The maximum absolute atomic E-state index is 13.1.